The van der Waals surface area contributed by atoms with Gasteiger partial charge in [0.15, 0.2) is 0 Å². The molecule has 8 heteroatoms. The van der Waals surface area contributed by atoms with Gasteiger partial charge in [-0.15, -0.1) is 0 Å². The van der Waals surface area contributed by atoms with Gasteiger partial charge in [-0.25, -0.2) is 13.6 Å². The van der Waals surface area contributed by atoms with E-state index in [4.69, 9.17) is 4.52 Å². The van der Waals surface area contributed by atoms with Gasteiger partial charge in [-0.2, -0.15) is 4.98 Å². The van der Waals surface area contributed by atoms with Crippen molar-refractivity contribution < 1.29 is 18.1 Å². The molecule has 0 aliphatic carbocycles. The third-order valence-corrected chi connectivity index (χ3v) is 4.98. The quantitative estimate of drug-likeness (QED) is 0.648. The van der Waals surface area contributed by atoms with Crippen molar-refractivity contribution >= 4 is 11.6 Å². The molecule has 30 heavy (non-hydrogen) atoms. The number of benzene rings is 2. The number of rotatable bonds is 5. The van der Waals surface area contributed by atoms with Crippen LogP contribution in [0.5, 0.6) is 0 Å². The summed E-state index contributed by atoms with van der Waals surface area (Å²) in [5.74, 6) is -0.269. The molecule has 0 spiro atoms. The van der Waals surface area contributed by atoms with Crippen LogP contribution < -0.4 is 5.32 Å². The first-order valence-corrected chi connectivity index (χ1v) is 9.62. The molecule has 0 bridgehead atoms. The highest BCUT2D eigenvalue weighted by Crippen LogP contribution is 2.37. The monoisotopic (exact) mass is 410 g/mol. The van der Waals surface area contributed by atoms with Crippen LogP contribution in [0.2, 0.25) is 0 Å². The van der Waals surface area contributed by atoms with E-state index in [1.54, 1.807) is 36.1 Å². The molecule has 0 saturated carbocycles. The van der Waals surface area contributed by atoms with Crippen molar-refractivity contribution in [2.75, 3.05) is 6.54 Å². The lowest BCUT2D eigenvalue weighted by Crippen LogP contribution is -2.46. The van der Waals surface area contributed by atoms with Crippen LogP contribution in [0.3, 0.4) is 0 Å². The minimum atomic E-state index is -0.650. The lowest BCUT2D eigenvalue weighted by atomic mass is 9.94. The Bertz CT molecular complexity index is 1110. The normalized spacial score (nSPS) is 16.7. The highest BCUT2D eigenvalue weighted by atomic mass is 19.1. The molecule has 1 aliphatic rings. The van der Waals surface area contributed by atoms with Crippen LogP contribution in [0.25, 0.3) is 17.0 Å². The summed E-state index contributed by atoms with van der Waals surface area (Å²) in [6.07, 6.45) is 0.757. The van der Waals surface area contributed by atoms with E-state index >= 15 is 0 Å². The van der Waals surface area contributed by atoms with Crippen LogP contribution >= 0.6 is 0 Å². The van der Waals surface area contributed by atoms with E-state index in [9.17, 15) is 13.6 Å². The summed E-state index contributed by atoms with van der Waals surface area (Å²) in [6.45, 7) is 4.28. The predicted octanol–water partition coefficient (Wildman–Crippen LogP) is 4.92. The Morgan fingerprint density at radius 2 is 1.90 bits per heavy atom. The van der Waals surface area contributed by atoms with Crippen molar-refractivity contribution in [1.82, 2.24) is 20.4 Å². The minimum absolute atomic E-state index is 0.210. The molecule has 1 aromatic heterocycles. The number of hydrogen-bond donors (Lipinski definition) is 1. The molecule has 0 saturated heterocycles. The molecule has 0 fully saturated rings. The smallest absolute Gasteiger partial charge is 0.322 e. The average molecular weight is 410 g/mol. The summed E-state index contributed by atoms with van der Waals surface area (Å²) < 4.78 is 32.6. The van der Waals surface area contributed by atoms with Crippen LogP contribution in [0.15, 0.2) is 58.8 Å². The fourth-order valence-corrected chi connectivity index (χ4v) is 3.54. The van der Waals surface area contributed by atoms with Gasteiger partial charge in [0, 0.05) is 17.8 Å². The van der Waals surface area contributed by atoms with Gasteiger partial charge in [0.1, 0.15) is 11.6 Å². The predicted molar refractivity (Wildman–Crippen MR) is 107 cm³/mol. The summed E-state index contributed by atoms with van der Waals surface area (Å²) in [5, 5.41) is 6.93. The van der Waals surface area contributed by atoms with Gasteiger partial charge in [-0.05, 0) is 55.3 Å². The number of allylic oxidation sites excluding steroid dienone is 1. The number of halogens is 2. The largest absolute Gasteiger partial charge is 0.334 e. The molecule has 6 nitrogen and oxygen atoms in total. The molecule has 1 atom stereocenters. The van der Waals surface area contributed by atoms with Crippen molar-refractivity contribution in [3.8, 4) is 11.4 Å². The molecule has 0 radical (unpaired) electrons. The van der Waals surface area contributed by atoms with Gasteiger partial charge in [-0.1, -0.05) is 24.2 Å². The number of hydrogen-bond acceptors (Lipinski definition) is 4. The Morgan fingerprint density at radius 1 is 1.13 bits per heavy atom. The molecule has 4 rings (SSSR count). The SMILES string of the molecule is CCCN1C(=O)NC(c2cccc(F)c2)C(c2nc(-c3ccc(F)cc3)no2)=C1C. The number of carbonyl (C=O) groups is 1. The van der Waals surface area contributed by atoms with Crippen LogP contribution in [0.1, 0.15) is 37.8 Å². The second kappa shape index (κ2) is 8.06. The van der Waals surface area contributed by atoms with Crippen molar-refractivity contribution in [2.45, 2.75) is 26.3 Å². The fraction of sp³-hybridized carbons (Fsp3) is 0.227. The first-order chi connectivity index (χ1) is 14.5. The van der Waals surface area contributed by atoms with E-state index in [2.05, 4.69) is 15.5 Å². The second-order valence-corrected chi connectivity index (χ2v) is 7.02. The highest BCUT2D eigenvalue weighted by Gasteiger charge is 2.35. The van der Waals surface area contributed by atoms with Crippen LogP contribution in [-0.2, 0) is 0 Å². The number of amides is 2. The first-order valence-electron chi connectivity index (χ1n) is 9.62. The average Bonchev–Trinajstić information content (AvgIpc) is 3.21. The molecular weight excluding hydrogens is 390 g/mol. The Morgan fingerprint density at radius 3 is 2.60 bits per heavy atom. The summed E-state index contributed by atoms with van der Waals surface area (Å²) in [7, 11) is 0. The van der Waals surface area contributed by atoms with E-state index in [1.165, 1.54) is 24.3 Å². The Balaban J connectivity index is 1.81. The Labute approximate surface area is 172 Å². The van der Waals surface area contributed by atoms with Gasteiger partial charge in [0.05, 0.1) is 11.6 Å². The van der Waals surface area contributed by atoms with Crippen molar-refractivity contribution in [3.63, 3.8) is 0 Å². The highest BCUT2D eigenvalue weighted by molar-refractivity contribution is 5.86. The standard InChI is InChI=1S/C22H20F2N4O2/c1-3-11-28-13(2)18(19(25-22(28)29)15-5-4-6-17(24)12-15)21-26-20(27-30-21)14-7-9-16(23)10-8-14/h4-10,12,19H,3,11H2,1-2H3,(H,25,29). The maximum absolute atomic E-state index is 13.9. The number of nitrogens with one attached hydrogen (secondary N) is 1. The Kier molecular flexibility index (Phi) is 5.31. The topological polar surface area (TPSA) is 71.3 Å². The fourth-order valence-electron chi connectivity index (χ4n) is 3.54. The number of nitrogens with zero attached hydrogens (tertiary/aromatic N) is 3. The summed E-state index contributed by atoms with van der Waals surface area (Å²) in [4.78, 5) is 18.8. The molecule has 2 aromatic carbocycles. The first kappa shape index (κ1) is 19.8. The zero-order valence-electron chi connectivity index (χ0n) is 16.5. The van der Waals surface area contributed by atoms with Crippen LogP contribution in [0, 0.1) is 11.6 Å². The Hall–Kier alpha value is -3.55. The molecule has 1 unspecified atom stereocenters. The third-order valence-electron chi connectivity index (χ3n) is 4.98. The van der Waals surface area contributed by atoms with Crippen LogP contribution in [0.4, 0.5) is 13.6 Å². The second-order valence-electron chi connectivity index (χ2n) is 7.02. The third kappa shape index (κ3) is 3.68. The van der Waals surface area contributed by atoms with Crippen molar-refractivity contribution in [1.29, 1.82) is 0 Å². The van der Waals surface area contributed by atoms with E-state index in [-0.39, 0.29) is 17.7 Å². The van der Waals surface area contributed by atoms with Gasteiger partial charge in [-0.3, -0.25) is 4.90 Å². The molecule has 2 amide bonds. The number of carbonyl (C=O) groups excluding carboxylic acids is 1. The summed E-state index contributed by atoms with van der Waals surface area (Å²) in [6, 6.07) is 10.8. The lowest BCUT2D eigenvalue weighted by molar-refractivity contribution is 0.205. The lowest BCUT2D eigenvalue weighted by Gasteiger charge is -2.35. The molecule has 154 valence electrons. The van der Waals surface area contributed by atoms with Gasteiger partial charge < -0.3 is 9.84 Å². The maximum atomic E-state index is 13.9. The zero-order chi connectivity index (χ0) is 21.3. The van der Waals surface area contributed by atoms with E-state index in [0.717, 1.165) is 6.42 Å². The van der Waals surface area contributed by atoms with Crippen LogP contribution in [-0.4, -0.2) is 27.6 Å². The molecule has 1 N–H and O–H groups in total. The minimum Gasteiger partial charge on any atom is -0.334 e. The van der Waals surface area contributed by atoms with Gasteiger partial charge >= 0.3 is 6.03 Å². The summed E-state index contributed by atoms with van der Waals surface area (Å²) in [5.41, 5.74) is 2.41. The number of aromatic nitrogens is 2. The number of urea groups is 1. The van der Waals surface area contributed by atoms with E-state index in [1.807, 2.05) is 6.92 Å². The van der Waals surface area contributed by atoms with Gasteiger partial charge in [0.2, 0.25) is 5.82 Å². The molecule has 2 heterocycles. The van der Waals surface area contributed by atoms with Gasteiger partial charge in [0.25, 0.3) is 5.89 Å². The van der Waals surface area contributed by atoms with E-state index < -0.39 is 11.9 Å². The van der Waals surface area contributed by atoms with Crippen molar-refractivity contribution in [3.05, 3.63) is 77.3 Å². The van der Waals surface area contributed by atoms with Crippen molar-refractivity contribution in [2.24, 2.45) is 0 Å². The molecule has 3 aromatic rings. The zero-order valence-corrected chi connectivity index (χ0v) is 16.5. The van der Waals surface area contributed by atoms with E-state index in [0.29, 0.717) is 34.8 Å². The summed E-state index contributed by atoms with van der Waals surface area (Å²) >= 11 is 0. The molecule has 1 aliphatic heterocycles. The molecular formula is C22H20F2N4O2. The maximum Gasteiger partial charge on any atom is 0.322 e.